The van der Waals surface area contributed by atoms with Gasteiger partial charge in [0.25, 0.3) is 0 Å². The molecule has 4 aliphatic rings. The zero-order valence-corrected chi connectivity index (χ0v) is 17.1. The normalized spacial score (nSPS) is 30.8. The highest BCUT2D eigenvalue weighted by Gasteiger charge is 2.54. The lowest BCUT2D eigenvalue weighted by molar-refractivity contribution is -0.146. The van der Waals surface area contributed by atoms with Crippen molar-refractivity contribution in [3.63, 3.8) is 0 Å². The molecular weight excluding hydrogens is 376 g/mol. The SMILES string of the molecule is CS(=O)(=O)c1cccc(NC(=O)CCNC(=O)C23CC4CC(CC(C4)C2)C3)c1. The fraction of sp³-hybridized carbons (Fsp3) is 0.619. The van der Waals surface area contributed by atoms with Gasteiger partial charge in [0.05, 0.1) is 4.90 Å². The molecule has 4 bridgehead atoms. The molecule has 1 aromatic rings. The molecule has 0 radical (unpaired) electrons. The molecule has 1 aromatic carbocycles. The lowest BCUT2D eigenvalue weighted by atomic mass is 9.49. The van der Waals surface area contributed by atoms with Crippen LogP contribution in [0.5, 0.6) is 0 Å². The summed E-state index contributed by atoms with van der Waals surface area (Å²) in [5, 5.41) is 5.71. The number of carbonyl (C=O) groups is 2. The van der Waals surface area contributed by atoms with Gasteiger partial charge in [0.1, 0.15) is 0 Å². The van der Waals surface area contributed by atoms with Crippen LogP contribution in [0.3, 0.4) is 0 Å². The van der Waals surface area contributed by atoms with Crippen molar-refractivity contribution >= 4 is 27.3 Å². The second-order valence-electron chi connectivity index (χ2n) is 9.05. The Hall–Kier alpha value is -1.89. The Bertz CT molecular complexity index is 858. The Kier molecular flexibility index (Phi) is 4.98. The molecule has 7 heteroatoms. The minimum absolute atomic E-state index is 0.124. The van der Waals surface area contributed by atoms with Crippen LogP contribution >= 0.6 is 0 Å². The Labute approximate surface area is 166 Å². The molecule has 0 unspecified atom stereocenters. The molecule has 6 nitrogen and oxygen atoms in total. The Balaban J connectivity index is 1.28. The number of anilines is 1. The maximum atomic E-state index is 12.9. The standard InChI is InChI=1S/C21H28N2O4S/c1-28(26,27)18-4-2-3-17(10-18)23-19(24)5-6-22-20(25)21-11-14-7-15(12-21)9-16(8-14)13-21/h2-4,10,14-16H,5-9,11-13H2,1H3,(H,22,25)(H,23,24). The molecule has 4 saturated carbocycles. The average molecular weight is 405 g/mol. The number of hydrogen-bond acceptors (Lipinski definition) is 4. The van der Waals surface area contributed by atoms with Crippen LogP contribution in [0.2, 0.25) is 0 Å². The fourth-order valence-electron chi connectivity index (χ4n) is 5.89. The van der Waals surface area contributed by atoms with E-state index in [1.807, 2.05) is 0 Å². The van der Waals surface area contributed by atoms with Crippen molar-refractivity contribution in [2.24, 2.45) is 23.2 Å². The summed E-state index contributed by atoms with van der Waals surface area (Å²) in [6, 6.07) is 6.19. The third kappa shape index (κ3) is 3.95. The molecule has 5 rings (SSSR count). The average Bonchev–Trinajstić information content (AvgIpc) is 2.60. The van der Waals surface area contributed by atoms with Gasteiger partial charge in [0.2, 0.25) is 11.8 Å². The lowest BCUT2D eigenvalue weighted by Gasteiger charge is -2.55. The largest absolute Gasteiger partial charge is 0.355 e. The van der Waals surface area contributed by atoms with E-state index in [1.54, 1.807) is 12.1 Å². The van der Waals surface area contributed by atoms with E-state index in [2.05, 4.69) is 10.6 Å². The molecule has 0 aliphatic heterocycles. The summed E-state index contributed by atoms with van der Waals surface area (Å²) in [6.07, 6.45) is 8.21. The molecule has 2 N–H and O–H groups in total. The molecule has 0 atom stereocenters. The summed E-state index contributed by atoms with van der Waals surface area (Å²) in [5.41, 5.74) is 0.245. The Morgan fingerprint density at radius 3 is 2.25 bits per heavy atom. The van der Waals surface area contributed by atoms with E-state index in [1.165, 1.54) is 31.4 Å². The summed E-state index contributed by atoms with van der Waals surface area (Å²) in [6.45, 7) is 0.304. The van der Waals surface area contributed by atoms with Gasteiger partial charge in [-0.15, -0.1) is 0 Å². The maximum absolute atomic E-state index is 12.9. The number of benzene rings is 1. The first-order valence-corrected chi connectivity index (χ1v) is 12.0. The minimum atomic E-state index is -3.32. The van der Waals surface area contributed by atoms with Gasteiger partial charge in [0.15, 0.2) is 9.84 Å². The number of rotatable bonds is 6. The molecule has 28 heavy (non-hydrogen) atoms. The monoisotopic (exact) mass is 404 g/mol. The van der Waals surface area contributed by atoms with E-state index in [0.29, 0.717) is 30.0 Å². The van der Waals surface area contributed by atoms with Crippen LogP contribution in [0.15, 0.2) is 29.2 Å². The smallest absolute Gasteiger partial charge is 0.226 e. The van der Waals surface area contributed by atoms with Crippen molar-refractivity contribution in [3.8, 4) is 0 Å². The number of sulfone groups is 1. The van der Waals surface area contributed by atoms with Gasteiger partial charge in [-0.05, 0) is 74.5 Å². The second-order valence-corrected chi connectivity index (χ2v) is 11.1. The zero-order valence-electron chi connectivity index (χ0n) is 16.2. The summed E-state index contributed by atoms with van der Waals surface area (Å²) >= 11 is 0. The molecule has 152 valence electrons. The molecule has 4 aliphatic carbocycles. The van der Waals surface area contributed by atoms with Gasteiger partial charge in [0, 0.05) is 30.3 Å². The maximum Gasteiger partial charge on any atom is 0.226 e. The van der Waals surface area contributed by atoms with E-state index in [-0.39, 0.29) is 28.5 Å². The highest BCUT2D eigenvalue weighted by molar-refractivity contribution is 7.90. The van der Waals surface area contributed by atoms with Crippen molar-refractivity contribution < 1.29 is 18.0 Å². The van der Waals surface area contributed by atoms with Crippen molar-refractivity contribution in [1.29, 1.82) is 0 Å². The van der Waals surface area contributed by atoms with E-state index in [4.69, 9.17) is 0 Å². The summed E-state index contributed by atoms with van der Waals surface area (Å²) in [5.74, 6) is 2.02. The summed E-state index contributed by atoms with van der Waals surface area (Å²) in [7, 11) is -3.32. The van der Waals surface area contributed by atoms with Gasteiger partial charge in [-0.3, -0.25) is 9.59 Å². The molecule has 2 amide bonds. The van der Waals surface area contributed by atoms with Crippen LogP contribution in [0.4, 0.5) is 5.69 Å². The molecule has 0 aromatic heterocycles. The van der Waals surface area contributed by atoms with Gasteiger partial charge >= 0.3 is 0 Å². The summed E-state index contributed by atoms with van der Waals surface area (Å²) < 4.78 is 23.2. The highest BCUT2D eigenvalue weighted by atomic mass is 32.2. The topological polar surface area (TPSA) is 92.3 Å². The van der Waals surface area contributed by atoms with Crippen LogP contribution in [-0.2, 0) is 19.4 Å². The predicted molar refractivity (Wildman–Crippen MR) is 106 cm³/mol. The molecule has 0 saturated heterocycles. The van der Waals surface area contributed by atoms with Gasteiger partial charge < -0.3 is 10.6 Å². The third-order valence-electron chi connectivity index (χ3n) is 6.70. The molecule has 0 heterocycles. The third-order valence-corrected chi connectivity index (χ3v) is 7.81. The van der Waals surface area contributed by atoms with Crippen LogP contribution in [0.25, 0.3) is 0 Å². The van der Waals surface area contributed by atoms with E-state index >= 15 is 0 Å². The predicted octanol–water partition coefficient (Wildman–Crippen LogP) is 2.75. The van der Waals surface area contributed by atoms with Crippen molar-refractivity contribution in [2.75, 3.05) is 18.1 Å². The van der Waals surface area contributed by atoms with Gasteiger partial charge in [-0.25, -0.2) is 8.42 Å². The lowest BCUT2D eigenvalue weighted by Crippen LogP contribution is -2.53. The Morgan fingerprint density at radius 1 is 1.07 bits per heavy atom. The summed E-state index contributed by atoms with van der Waals surface area (Å²) in [4.78, 5) is 25.2. The number of carbonyl (C=O) groups excluding carboxylic acids is 2. The number of amides is 2. The van der Waals surface area contributed by atoms with Crippen LogP contribution < -0.4 is 10.6 Å². The zero-order chi connectivity index (χ0) is 19.9. The molecular formula is C21H28N2O4S. The van der Waals surface area contributed by atoms with E-state index < -0.39 is 9.84 Å². The Morgan fingerprint density at radius 2 is 1.68 bits per heavy atom. The quantitative estimate of drug-likeness (QED) is 0.763. The van der Waals surface area contributed by atoms with Crippen LogP contribution in [-0.4, -0.2) is 33.0 Å². The number of nitrogens with one attached hydrogen (secondary N) is 2. The highest BCUT2D eigenvalue weighted by Crippen LogP contribution is 2.60. The van der Waals surface area contributed by atoms with Crippen LogP contribution in [0, 0.1) is 23.2 Å². The van der Waals surface area contributed by atoms with Gasteiger partial charge in [-0.1, -0.05) is 6.07 Å². The number of hydrogen-bond donors (Lipinski definition) is 2. The fourth-order valence-corrected chi connectivity index (χ4v) is 6.56. The van der Waals surface area contributed by atoms with Gasteiger partial charge in [-0.2, -0.15) is 0 Å². The first-order chi connectivity index (χ1) is 13.2. The van der Waals surface area contributed by atoms with Crippen molar-refractivity contribution in [3.05, 3.63) is 24.3 Å². The second kappa shape index (κ2) is 7.17. The van der Waals surface area contributed by atoms with E-state index in [0.717, 1.165) is 25.5 Å². The molecule has 4 fully saturated rings. The van der Waals surface area contributed by atoms with Crippen LogP contribution in [0.1, 0.15) is 44.9 Å². The first-order valence-electron chi connectivity index (χ1n) is 10.1. The first kappa shape index (κ1) is 19.4. The minimum Gasteiger partial charge on any atom is -0.355 e. The molecule has 0 spiro atoms. The van der Waals surface area contributed by atoms with Crippen molar-refractivity contribution in [2.45, 2.75) is 49.8 Å². The van der Waals surface area contributed by atoms with Crippen molar-refractivity contribution in [1.82, 2.24) is 5.32 Å². The van der Waals surface area contributed by atoms with E-state index in [9.17, 15) is 18.0 Å².